The van der Waals surface area contributed by atoms with Crippen molar-refractivity contribution in [2.75, 3.05) is 13.2 Å². The van der Waals surface area contributed by atoms with Gasteiger partial charge in [-0.25, -0.2) is 0 Å². The quantitative estimate of drug-likeness (QED) is 0.588. The molecule has 1 N–H and O–H groups in total. The van der Waals surface area contributed by atoms with E-state index in [2.05, 4.69) is 53.8 Å². The zero-order valence-corrected chi connectivity index (χ0v) is 18.6. The van der Waals surface area contributed by atoms with Crippen LogP contribution >= 0.6 is 0 Å². The highest BCUT2D eigenvalue weighted by atomic mass is 28.4. The van der Waals surface area contributed by atoms with Crippen molar-refractivity contribution in [1.82, 2.24) is 0 Å². The van der Waals surface area contributed by atoms with Gasteiger partial charge in [0.05, 0.1) is 12.7 Å². The standard InChI is InChI=1S/C21H36O4Si/c1-15-8-9-20(13-25-26(6,7)18(2,3)4)17(10-15)24-14-21(23)12-16(22)11-19(20,21)5/h10,17,23H,8-9,11-14H2,1-7H3/t17-,19+,20+,21+/m0/s1. The molecule has 4 atom stereocenters. The van der Waals surface area contributed by atoms with Crippen LogP contribution in [0.4, 0.5) is 0 Å². The van der Waals surface area contributed by atoms with Crippen LogP contribution in [0.5, 0.6) is 0 Å². The first kappa shape index (κ1) is 20.2. The fraction of sp³-hybridized carbons (Fsp3) is 0.857. The lowest BCUT2D eigenvalue weighted by atomic mass is 9.51. The number of rotatable bonds is 3. The van der Waals surface area contributed by atoms with Crippen molar-refractivity contribution in [2.24, 2.45) is 10.8 Å². The average molecular weight is 381 g/mol. The molecule has 1 saturated carbocycles. The van der Waals surface area contributed by atoms with Gasteiger partial charge in [-0.15, -0.1) is 0 Å². The molecule has 1 heterocycles. The Morgan fingerprint density at radius 3 is 2.62 bits per heavy atom. The second-order valence-corrected chi connectivity index (χ2v) is 15.5. The van der Waals surface area contributed by atoms with E-state index in [9.17, 15) is 9.90 Å². The maximum atomic E-state index is 12.4. The minimum Gasteiger partial charge on any atom is -0.416 e. The summed E-state index contributed by atoms with van der Waals surface area (Å²) in [4.78, 5) is 12.4. The number of hydrogen-bond acceptors (Lipinski definition) is 4. The first-order valence-electron chi connectivity index (χ1n) is 9.93. The molecule has 5 heteroatoms. The Morgan fingerprint density at radius 2 is 2.00 bits per heavy atom. The topological polar surface area (TPSA) is 55.8 Å². The van der Waals surface area contributed by atoms with Gasteiger partial charge in [0.1, 0.15) is 11.4 Å². The minimum absolute atomic E-state index is 0.0859. The van der Waals surface area contributed by atoms with E-state index in [-0.39, 0.29) is 35.4 Å². The van der Waals surface area contributed by atoms with Gasteiger partial charge in [0.25, 0.3) is 0 Å². The van der Waals surface area contributed by atoms with Crippen molar-refractivity contribution in [3.05, 3.63) is 11.6 Å². The lowest BCUT2D eigenvalue weighted by Gasteiger charge is -2.61. The number of ether oxygens (including phenoxy) is 1. The van der Waals surface area contributed by atoms with E-state index < -0.39 is 19.3 Å². The molecule has 3 rings (SSSR count). The Morgan fingerprint density at radius 1 is 1.35 bits per heavy atom. The first-order chi connectivity index (χ1) is 11.8. The van der Waals surface area contributed by atoms with Crippen LogP contribution in [0.2, 0.25) is 18.1 Å². The van der Waals surface area contributed by atoms with Crippen LogP contribution < -0.4 is 0 Å². The molecule has 0 spiro atoms. The van der Waals surface area contributed by atoms with Gasteiger partial charge in [0.2, 0.25) is 0 Å². The van der Waals surface area contributed by atoms with Crippen LogP contribution in [0.3, 0.4) is 0 Å². The summed E-state index contributed by atoms with van der Waals surface area (Å²) in [6.07, 6.45) is 4.64. The van der Waals surface area contributed by atoms with Crippen LogP contribution in [0.25, 0.3) is 0 Å². The molecule has 4 nitrogen and oxygen atoms in total. The molecule has 0 bridgehead atoms. The highest BCUT2D eigenvalue weighted by Crippen LogP contribution is 2.64. The molecule has 148 valence electrons. The highest BCUT2D eigenvalue weighted by Gasteiger charge is 2.70. The normalized spacial score (nSPS) is 40.8. The highest BCUT2D eigenvalue weighted by molar-refractivity contribution is 6.74. The molecular formula is C21H36O4Si. The molecule has 2 aliphatic carbocycles. The predicted molar refractivity (Wildman–Crippen MR) is 106 cm³/mol. The number of allylic oxidation sites excluding steroid dienone is 1. The number of hydrogen-bond donors (Lipinski definition) is 1. The predicted octanol–water partition coefficient (Wildman–Crippen LogP) is 4.23. The summed E-state index contributed by atoms with van der Waals surface area (Å²) in [5, 5.41) is 11.5. The van der Waals surface area contributed by atoms with Gasteiger partial charge in [-0.3, -0.25) is 4.79 Å². The lowest BCUT2D eigenvalue weighted by molar-refractivity contribution is -0.259. The van der Waals surface area contributed by atoms with Crippen LogP contribution in [0, 0.1) is 10.8 Å². The summed E-state index contributed by atoms with van der Waals surface area (Å²) in [7, 11) is -1.95. The molecule has 0 aromatic rings. The molecule has 1 saturated heterocycles. The molecule has 0 amide bonds. The number of fused-ring (bicyclic) bond motifs is 3. The van der Waals surface area contributed by atoms with Crippen LogP contribution in [0.15, 0.2) is 11.6 Å². The summed E-state index contributed by atoms with van der Waals surface area (Å²) < 4.78 is 12.9. The van der Waals surface area contributed by atoms with E-state index in [0.29, 0.717) is 13.0 Å². The van der Waals surface area contributed by atoms with E-state index in [4.69, 9.17) is 9.16 Å². The van der Waals surface area contributed by atoms with Crippen LogP contribution in [-0.2, 0) is 14.0 Å². The van der Waals surface area contributed by atoms with Gasteiger partial charge in [0, 0.05) is 30.3 Å². The van der Waals surface area contributed by atoms with Crippen molar-refractivity contribution in [3.8, 4) is 0 Å². The van der Waals surface area contributed by atoms with Crippen LogP contribution in [0.1, 0.15) is 60.3 Å². The Bertz CT molecular complexity index is 634. The summed E-state index contributed by atoms with van der Waals surface area (Å²) in [6, 6.07) is 0. The molecule has 3 aliphatic rings. The Balaban J connectivity index is 2.01. The number of ketones is 1. The van der Waals surface area contributed by atoms with E-state index in [1.165, 1.54) is 5.57 Å². The minimum atomic E-state index is -1.95. The SMILES string of the molecule is CC1=C[C@@H]2OC[C@]3(O)CC(=O)C[C@]3(C)[C@@]2(CO[Si](C)(C)C(C)(C)C)CC1. The number of aliphatic hydroxyl groups is 1. The van der Waals surface area contributed by atoms with E-state index in [0.717, 1.165) is 12.8 Å². The molecule has 0 unspecified atom stereocenters. The zero-order valence-electron chi connectivity index (χ0n) is 17.6. The largest absolute Gasteiger partial charge is 0.416 e. The first-order valence-corrected chi connectivity index (χ1v) is 12.8. The lowest BCUT2D eigenvalue weighted by Crippen LogP contribution is -2.67. The molecule has 26 heavy (non-hydrogen) atoms. The fourth-order valence-corrected chi connectivity index (χ4v) is 5.97. The van der Waals surface area contributed by atoms with Gasteiger partial charge < -0.3 is 14.3 Å². The number of Topliss-reactive ketones (excluding diaryl/α,β-unsaturated/α-hetero) is 1. The summed E-state index contributed by atoms with van der Waals surface area (Å²) in [5.74, 6) is 0.150. The van der Waals surface area contributed by atoms with Crippen molar-refractivity contribution >= 4 is 14.1 Å². The summed E-state index contributed by atoms with van der Waals surface area (Å²) in [5.41, 5.74) is -0.590. The molecule has 0 aromatic carbocycles. The molecular weight excluding hydrogens is 344 g/mol. The maximum absolute atomic E-state index is 12.4. The summed E-state index contributed by atoms with van der Waals surface area (Å²) in [6.45, 7) is 16.3. The maximum Gasteiger partial charge on any atom is 0.192 e. The Labute approximate surface area is 159 Å². The Hall–Kier alpha value is -0.493. The van der Waals surface area contributed by atoms with Gasteiger partial charge in [-0.2, -0.15) is 0 Å². The zero-order chi connectivity index (χ0) is 19.6. The summed E-state index contributed by atoms with van der Waals surface area (Å²) >= 11 is 0. The third kappa shape index (κ3) is 2.77. The van der Waals surface area contributed by atoms with Crippen molar-refractivity contribution in [2.45, 2.75) is 90.1 Å². The van der Waals surface area contributed by atoms with E-state index >= 15 is 0 Å². The van der Waals surface area contributed by atoms with Crippen LogP contribution in [-0.4, -0.2) is 44.1 Å². The smallest absolute Gasteiger partial charge is 0.192 e. The third-order valence-corrected chi connectivity index (χ3v) is 12.6. The monoisotopic (exact) mass is 380 g/mol. The second kappa shape index (κ2) is 6.00. The molecule has 0 radical (unpaired) electrons. The van der Waals surface area contributed by atoms with Crippen molar-refractivity contribution < 1.29 is 19.1 Å². The fourth-order valence-electron chi connectivity index (χ4n) is 4.92. The molecule has 1 aliphatic heterocycles. The van der Waals surface area contributed by atoms with E-state index in [1.54, 1.807) is 0 Å². The van der Waals surface area contributed by atoms with E-state index in [1.807, 2.05) is 0 Å². The van der Waals surface area contributed by atoms with Gasteiger partial charge in [-0.05, 0) is 37.9 Å². The van der Waals surface area contributed by atoms with Crippen molar-refractivity contribution in [1.29, 1.82) is 0 Å². The Kier molecular flexibility index (Phi) is 4.67. The number of carbonyl (C=O) groups excluding carboxylic acids is 1. The molecule has 0 aromatic heterocycles. The second-order valence-electron chi connectivity index (χ2n) is 10.7. The molecule has 2 fully saturated rings. The third-order valence-electron chi connectivity index (χ3n) is 8.11. The van der Waals surface area contributed by atoms with Gasteiger partial charge >= 0.3 is 0 Å². The van der Waals surface area contributed by atoms with Crippen molar-refractivity contribution in [3.63, 3.8) is 0 Å². The average Bonchev–Trinajstić information content (AvgIpc) is 2.74. The number of carbonyl (C=O) groups is 1. The van der Waals surface area contributed by atoms with Gasteiger partial charge in [0.15, 0.2) is 8.32 Å². The van der Waals surface area contributed by atoms with Gasteiger partial charge in [-0.1, -0.05) is 39.3 Å².